The second kappa shape index (κ2) is 9.32. The first-order valence-corrected chi connectivity index (χ1v) is 8.81. The van der Waals surface area contributed by atoms with Crippen LogP contribution in [-0.2, 0) is 11.4 Å². The first-order chi connectivity index (χ1) is 14.0. The molecule has 0 fully saturated rings. The summed E-state index contributed by atoms with van der Waals surface area (Å²) in [6.45, 7) is -0.0176. The monoisotopic (exact) mass is 391 g/mol. The minimum absolute atomic E-state index is 0.0176. The molecule has 0 radical (unpaired) electrons. The van der Waals surface area contributed by atoms with Gasteiger partial charge >= 0.3 is 5.97 Å². The van der Waals surface area contributed by atoms with Crippen LogP contribution < -0.4 is 10.1 Å². The standard InChI is InChI=1S/C23H18FNO4/c24-19-12-6-4-11-18(19)15-29-21-13-7-5-10-17(21)14-20(23(27)28)25-22(26)16-8-2-1-3-9-16/h1-14H,15H2,(H,25,26)(H,27,28)/b20-14+. The number of amides is 1. The number of carboxylic acids is 1. The van der Waals surface area contributed by atoms with Gasteiger partial charge in [-0.3, -0.25) is 4.79 Å². The number of benzene rings is 3. The van der Waals surface area contributed by atoms with E-state index in [1.807, 2.05) is 0 Å². The van der Waals surface area contributed by atoms with Crippen molar-refractivity contribution in [2.75, 3.05) is 0 Å². The van der Waals surface area contributed by atoms with E-state index in [1.165, 1.54) is 12.1 Å². The molecule has 0 aliphatic rings. The lowest BCUT2D eigenvalue weighted by Crippen LogP contribution is -2.27. The van der Waals surface area contributed by atoms with Crippen LogP contribution in [0.15, 0.2) is 84.6 Å². The maximum absolute atomic E-state index is 13.8. The molecule has 0 bridgehead atoms. The van der Waals surface area contributed by atoms with Gasteiger partial charge in [-0.05, 0) is 30.3 Å². The predicted molar refractivity (Wildman–Crippen MR) is 107 cm³/mol. The molecule has 3 aromatic carbocycles. The van der Waals surface area contributed by atoms with Crippen molar-refractivity contribution < 1.29 is 23.8 Å². The van der Waals surface area contributed by atoms with E-state index in [-0.39, 0.29) is 18.1 Å². The van der Waals surface area contributed by atoms with Gasteiger partial charge in [-0.1, -0.05) is 54.6 Å². The van der Waals surface area contributed by atoms with E-state index in [9.17, 15) is 19.1 Å². The van der Waals surface area contributed by atoms with Crippen molar-refractivity contribution >= 4 is 18.0 Å². The van der Waals surface area contributed by atoms with Gasteiger partial charge in [0, 0.05) is 16.7 Å². The summed E-state index contributed by atoms with van der Waals surface area (Å²) in [6.07, 6.45) is 1.31. The number of carbonyl (C=O) groups excluding carboxylic acids is 1. The number of hydrogen-bond acceptors (Lipinski definition) is 3. The molecule has 0 atom stereocenters. The zero-order valence-corrected chi connectivity index (χ0v) is 15.3. The molecular weight excluding hydrogens is 373 g/mol. The van der Waals surface area contributed by atoms with E-state index in [0.717, 1.165) is 0 Å². The van der Waals surface area contributed by atoms with E-state index in [0.29, 0.717) is 22.4 Å². The fraction of sp³-hybridized carbons (Fsp3) is 0.0435. The Balaban J connectivity index is 1.82. The fourth-order valence-electron chi connectivity index (χ4n) is 2.59. The van der Waals surface area contributed by atoms with Crippen molar-refractivity contribution in [3.05, 3.63) is 107 Å². The summed E-state index contributed by atoms with van der Waals surface area (Å²) in [7, 11) is 0. The largest absolute Gasteiger partial charge is 0.488 e. The Morgan fingerprint density at radius 1 is 0.931 bits per heavy atom. The number of carboxylic acid groups (broad SMARTS) is 1. The zero-order valence-electron chi connectivity index (χ0n) is 15.3. The zero-order chi connectivity index (χ0) is 20.6. The molecule has 0 unspecified atom stereocenters. The molecule has 0 aromatic heterocycles. The van der Waals surface area contributed by atoms with E-state index < -0.39 is 11.9 Å². The Morgan fingerprint density at radius 2 is 1.59 bits per heavy atom. The molecule has 5 nitrogen and oxygen atoms in total. The molecule has 2 N–H and O–H groups in total. The molecular formula is C23H18FNO4. The molecule has 0 saturated heterocycles. The summed E-state index contributed by atoms with van der Waals surface area (Å²) in [6, 6.07) is 21.3. The van der Waals surface area contributed by atoms with Gasteiger partial charge in [0.05, 0.1) is 0 Å². The van der Waals surface area contributed by atoms with Gasteiger partial charge in [0.25, 0.3) is 5.91 Å². The number of para-hydroxylation sites is 1. The third-order valence-electron chi connectivity index (χ3n) is 4.07. The summed E-state index contributed by atoms with van der Waals surface area (Å²) < 4.78 is 19.5. The lowest BCUT2D eigenvalue weighted by Gasteiger charge is -2.11. The van der Waals surface area contributed by atoms with Crippen LogP contribution in [0, 0.1) is 5.82 Å². The lowest BCUT2D eigenvalue weighted by molar-refractivity contribution is -0.132. The van der Waals surface area contributed by atoms with Gasteiger partial charge < -0.3 is 15.2 Å². The third-order valence-corrected chi connectivity index (χ3v) is 4.07. The Kier molecular flexibility index (Phi) is 6.37. The Morgan fingerprint density at radius 3 is 2.31 bits per heavy atom. The summed E-state index contributed by atoms with van der Waals surface area (Å²) >= 11 is 0. The summed E-state index contributed by atoms with van der Waals surface area (Å²) in [4.78, 5) is 23.9. The van der Waals surface area contributed by atoms with Crippen LogP contribution >= 0.6 is 0 Å². The normalized spacial score (nSPS) is 11.0. The molecule has 0 aliphatic heterocycles. The average molecular weight is 391 g/mol. The Labute approximate surface area is 167 Å². The van der Waals surface area contributed by atoms with Crippen LogP contribution in [0.1, 0.15) is 21.5 Å². The number of hydrogen-bond donors (Lipinski definition) is 2. The molecule has 6 heteroatoms. The third kappa shape index (κ3) is 5.29. The maximum atomic E-state index is 13.8. The van der Waals surface area contributed by atoms with E-state index in [1.54, 1.807) is 72.8 Å². The van der Waals surface area contributed by atoms with Gasteiger partial charge in [0.1, 0.15) is 23.9 Å². The molecule has 146 valence electrons. The Bertz CT molecular complexity index is 1050. The Hall–Kier alpha value is -3.93. The number of halogens is 1. The number of ether oxygens (including phenoxy) is 1. The van der Waals surface area contributed by atoms with Gasteiger partial charge in [-0.2, -0.15) is 0 Å². The van der Waals surface area contributed by atoms with E-state index in [4.69, 9.17) is 4.74 Å². The minimum Gasteiger partial charge on any atom is -0.488 e. The highest BCUT2D eigenvalue weighted by molar-refractivity contribution is 6.02. The van der Waals surface area contributed by atoms with Crippen LogP contribution in [0.2, 0.25) is 0 Å². The summed E-state index contributed by atoms with van der Waals surface area (Å²) in [5, 5.41) is 11.9. The van der Waals surface area contributed by atoms with Gasteiger partial charge in [0.15, 0.2) is 0 Å². The van der Waals surface area contributed by atoms with Crippen LogP contribution in [0.4, 0.5) is 4.39 Å². The second-order valence-electron chi connectivity index (χ2n) is 6.10. The number of rotatable bonds is 7. The van der Waals surface area contributed by atoms with Crippen molar-refractivity contribution in [1.82, 2.24) is 5.32 Å². The van der Waals surface area contributed by atoms with Crippen molar-refractivity contribution in [3.8, 4) is 5.75 Å². The smallest absolute Gasteiger partial charge is 0.352 e. The van der Waals surface area contributed by atoms with Gasteiger partial charge in [0.2, 0.25) is 0 Å². The van der Waals surface area contributed by atoms with Crippen molar-refractivity contribution in [3.63, 3.8) is 0 Å². The average Bonchev–Trinajstić information content (AvgIpc) is 2.74. The highest BCUT2D eigenvalue weighted by Gasteiger charge is 2.14. The number of aliphatic carboxylic acids is 1. The minimum atomic E-state index is -1.29. The molecule has 3 rings (SSSR count). The van der Waals surface area contributed by atoms with Gasteiger partial charge in [-0.25, -0.2) is 9.18 Å². The molecule has 1 amide bonds. The SMILES string of the molecule is O=C(O)/C(=C\c1ccccc1OCc1ccccc1F)NC(=O)c1ccccc1. The van der Waals surface area contributed by atoms with E-state index >= 15 is 0 Å². The number of carbonyl (C=O) groups is 2. The molecule has 29 heavy (non-hydrogen) atoms. The number of nitrogens with one attached hydrogen (secondary N) is 1. The predicted octanol–water partition coefficient (Wildman–Crippen LogP) is 4.26. The van der Waals surface area contributed by atoms with E-state index in [2.05, 4.69) is 5.32 Å². The molecule has 0 heterocycles. The summed E-state index contributed by atoms with van der Waals surface area (Å²) in [5.74, 6) is -1.85. The van der Waals surface area contributed by atoms with Gasteiger partial charge in [-0.15, -0.1) is 0 Å². The summed E-state index contributed by atoms with van der Waals surface area (Å²) in [5.41, 5.74) is 0.848. The quantitative estimate of drug-likeness (QED) is 0.590. The highest BCUT2D eigenvalue weighted by atomic mass is 19.1. The van der Waals surface area contributed by atoms with Crippen LogP contribution in [0.3, 0.4) is 0 Å². The fourth-order valence-corrected chi connectivity index (χ4v) is 2.59. The first-order valence-electron chi connectivity index (χ1n) is 8.81. The highest BCUT2D eigenvalue weighted by Crippen LogP contribution is 2.22. The van der Waals surface area contributed by atoms with Crippen molar-refractivity contribution in [2.45, 2.75) is 6.61 Å². The van der Waals surface area contributed by atoms with Crippen molar-refractivity contribution in [2.24, 2.45) is 0 Å². The molecule has 0 aliphatic carbocycles. The maximum Gasteiger partial charge on any atom is 0.352 e. The van der Waals surface area contributed by atoms with Crippen LogP contribution in [0.25, 0.3) is 6.08 Å². The second-order valence-corrected chi connectivity index (χ2v) is 6.10. The van der Waals surface area contributed by atoms with Crippen LogP contribution in [-0.4, -0.2) is 17.0 Å². The topological polar surface area (TPSA) is 75.6 Å². The van der Waals surface area contributed by atoms with Crippen molar-refractivity contribution in [1.29, 1.82) is 0 Å². The molecule has 0 spiro atoms. The lowest BCUT2D eigenvalue weighted by atomic mass is 10.1. The molecule has 0 saturated carbocycles. The molecule has 3 aromatic rings. The van der Waals surface area contributed by atoms with Crippen LogP contribution in [0.5, 0.6) is 5.75 Å². The first kappa shape index (κ1) is 19.8.